The van der Waals surface area contributed by atoms with Crippen LogP contribution in [0.2, 0.25) is 0 Å². The summed E-state index contributed by atoms with van der Waals surface area (Å²) in [6, 6.07) is 0. The van der Waals surface area contributed by atoms with Gasteiger partial charge in [-0.15, -0.1) is 0 Å². The fraction of sp³-hybridized carbons (Fsp3) is 1.00. The highest BCUT2D eigenvalue weighted by Crippen LogP contribution is 2.23. The van der Waals surface area contributed by atoms with Crippen molar-refractivity contribution in [2.45, 2.75) is 25.1 Å². The van der Waals surface area contributed by atoms with Gasteiger partial charge in [0.25, 0.3) is 0 Å². The van der Waals surface area contributed by atoms with E-state index in [2.05, 4.69) is 0 Å². The third-order valence-electron chi connectivity index (χ3n) is 2.81. The molecule has 0 aliphatic carbocycles. The molecule has 1 aliphatic heterocycles. The van der Waals surface area contributed by atoms with Crippen LogP contribution in [-0.2, 0) is 4.74 Å². The molecule has 0 aromatic heterocycles. The number of ether oxygens (including phenoxy) is 1. The van der Waals surface area contributed by atoms with Crippen molar-refractivity contribution in [3.05, 3.63) is 0 Å². The number of aliphatic hydroxyl groups excluding tert-OH is 1. The van der Waals surface area contributed by atoms with Crippen molar-refractivity contribution < 1.29 is 23.0 Å². The standard InChI is InChI=1S/C10H18F3NO2/c1-16-7-8-3-2-4-14(5-8)6-9(15)10(11,12)13/h8-9,15H,2-7H2,1H3. The lowest BCUT2D eigenvalue weighted by Crippen LogP contribution is -2.45. The second kappa shape index (κ2) is 5.84. The summed E-state index contributed by atoms with van der Waals surface area (Å²) in [5, 5.41) is 8.96. The quantitative estimate of drug-likeness (QED) is 0.804. The minimum absolute atomic E-state index is 0.277. The molecule has 1 aliphatic rings. The Balaban J connectivity index is 2.37. The van der Waals surface area contributed by atoms with Gasteiger partial charge in [-0.25, -0.2) is 0 Å². The molecule has 1 saturated heterocycles. The Morgan fingerprint density at radius 1 is 1.50 bits per heavy atom. The molecule has 2 unspecified atom stereocenters. The Morgan fingerprint density at radius 2 is 2.19 bits per heavy atom. The number of β-amino-alcohol motifs (C(OH)–C–C–N with tert-alkyl or cyclic N) is 1. The van der Waals surface area contributed by atoms with Gasteiger partial charge in [-0.1, -0.05) is 0 Å². The highest BCUT2D eigenvalue weighted by molar-refractivity contribution is 4.77. The number of piperidine rings is 1. The minimum Gasteiger partial charge on any atom is -0.384 e. The van der Waals surface area contributed by atoms with E-state index >= 15 is 0 Å². The van der Waals surface area contributed by atoms with Crippen molar-refractivity contribution >= 4 is 0 Å². The highest BCUT2D eigenvalue weighted by atomic mass is 19.4. The SMILES string of the molecule is COCC1CCCN(CC(O)C(F)(F)F)C1. The highest BCUT2D eigenvalue weighted by Gasteiger charge is 2.39. The summed E-state index contributed by atoms with van der Waals surface area (Å²) in [5.74, 6) is 0.277. The fourth-order valence-corrected chi connectivity index (χ4v) is 2.04. The third kappa shape index (κ3) is 4.27. The Labute approximate surface area is 93.2 Å². The molecular formula is C10H18F3NO2. The topological polar surface area (TPSA) is 32.7 Å². The van der Waals surface area contributed by atoms with Gasteiger partial charge < -0.3 is 14.7 Å². The van der Waals surface area contributed by atoms with E-state index in [4.69, 9.17) is 9.84 Å². The monoisotopic (exact) mass is 241 g/mol. The number of methoxy groups -OCH3 is 1. The van der Waals surface area contributed by atoms with Crippen LogP contribution in [0.3, 0.4) is 0 Å². The van der Waals surface area contributed by atoms with E-state index in [1.165, 1.54) is 0 Å². The summed E-state index contributed by atoms with van der Waals surface area (Å²) in [5.41, 5.74) is 0. The first-order valence-corrected chi connectivity index (χ1v) is 5.39. The predicted molar refractivity (Wildman–Crippen MR) is 53.1 cm³/mol. The lowest BCUT2D eigenvalue weighted by atomic mass is 9.99. The zero-order valence-electron chi connectivity index (χ0n) is 9.33. The van der Waals surface area contributed by atoms with Crippen molar-refractivity contribution in [2.24, 2.45) is 5.92 Å². The van der Waals surface area contributed by atoms with Gasteiger partial charge in [0.1, 0.15) is 0 Å². The molecule has 0 bridgehead atoms. The number of alkyl halides is 3. The van der Waals surface area contributed by atoms with Crippen molar-refractivity contribution in [1.29, 1.82) is 0 Å². The first-order chi connectivity index (χ1) is 7.43. The molecule has 1 fully saturated rings. The maximum absolute atomic E-state index is 12.1. The summed E-state index contributed by atoms with van der Waals surface area (Å²) in [6.07, 6.45) is -4.92. The maximum atomic E-state index is 12.1. The number of hydrogen-bond acceptors (Lipinski definition) is 3. The van der Waals surface area contributed by atoms with Gasteiger partial charge in [0.2, 0.25) is 0 Å². The van der Waals surface area contributed by atoms with Gasteiger partial charge in [-0.3, -0.25) is 0 Å². The Morgan fingerprint density at radius 3 is 2.75 bits per heavy atom. The number of nitrogens with zero attached hydrogens (tertiary/aromatic N) is 1. The molecular weight excluding hydrogens is 223 g/mol. The van der Waals surface area contributed by atoms with Crippen LogP contribution in [0.1, 0.15) is 12.8 Å². The lowest BCUT2D eigenvalue weighted by Gasteiger charge is -2.33. The Kier molecular flexibility index (Phi) is 5.01. The number of hydrogen-bond donors (Lipinski definition) is 1. The summed E-state index contributed by atoms with van der Waals surface area (Å²) in [7, 11) is 1.59. The largest absolute Gasteiger partial charge is 0.415 e. The van der Waals surface area contributed by atoms with Crippen molar-refractivity contribution in [3.63, 3.8) is 0 Å². The third-order valence-corrected chi connectivity index (χ3v) is 2.81. The molecule has 0 aromatic carbocycles. The number of halogens is 3. The van der Waals surface area contributed by atoms with Crippen molar-refractivity contribution in [1.82, 2.24) is 4.90 Å². The smallest absolute Gasteiger partial charge is 0.384 e. The summed E-state index contributed by atoms with van der Waals surface area (Å²) < 4.78 is 41.4. The van der Waals surface area contributed by atoms with Crippen LogP contribution >= 0.6 is 0 Å². The molecule has 3 nitrogen and oxygen atoms in total. The molecule has 0 saturated carbocycles. The molecule has 16 heavy (non-hydrogen) atoms. The van der Waals surface area contributed by atoms with E-state index in [0.717, 1.165) is 12.8 Å². The van der Waals surface area contributed by atoms with E-state index in [1.54, 1.807) is 12.0 Å². The molecule has 1 rings (SSSR count). The normalized spacial score (nSPS) is 25.7. The average molecular weight is 241 g/mol. The second-order valence-corrected chi connectivity index (χ2v) is 4.28. The van der Waals surface area contributed by atoms with Crippen molar-refractivity contribution in [2.75, 3.05) is 33.4 Å². The zero-order valence-corrected chi connectivity index (χ0v) is 9.33. The first-order valence-electron chi connectivity index (χ1n) is 5.39. The van der Waals surface area contributed by atoms with Crippen LogP contribution < -0.4 is 0 Å². The maximum Gasteiger partial charge on any atom is 0.415 e. The number of rotatable bonds is 4. The van der Waals surface area contributed by atoms with E-state index in [9.17, 15) is 13.2 Å². The second-order valence-electron chi connectivity index (χ2n) is 4.28. The molecule has 0 spiro atoms. The molecule has 2 atom stereocenters. The molecule has 0 radical (unpaired) electrons. The zero-order chi connectivity index (χ0) is 12.2. The summed E-state index contributed by atoms with van der Waals surface area (Å²) in [4.78, 5) is 1.66. The van der Waals surface area contributed by atoms with Gasteiger partial charge in [0, 0.05) is 20.2 Å². The van der Waals surface area contributed by atoms with E-state index in [1.807, 2.05) is 0 Å². The Bertz CT molecular complexity index is 209. The van der Waals surface area contributed by atoms with Crippen LogP contribution in [0.25, 0.3) is 0 Å². The van der Waals surface area contributed by atoms with Crippen molar-refractivity contribution in [3.8, 4) is 0 Å². The lowest BCUT2D eigenvalue weighted by molar-refractivity contribution is -0.209. The van der Waals surface area contributed by atoms with Gasteiger partial charge in [0.05, 0.1) is 6.61 Å². The van der Waals surface area contributed by atoms with Gasteiger partial charge in [0.15, 0.2) is 6.10 Å². The van der Waals surface area contributed by atoms with E-state index in [-0.39, 0.29) is 12.5 Å². The summed E-state index contributed by atoms with van der Waals surface area (Å²) in [6.45, 7) is 1.43. The molecule has 6 heteroatoms. The van der Waals surface area contributed by atoms with Gasteiger partial charge in [-0.05, 0) is 25.3 Å². The van der Waals surface area contributed by atoms with Gasteiger partial charge in [-0.2, -0.15) is 13.2 Å². The van der Waals surface area contributed by atoms with Crippen LogP contribution in [0, 0.1) is 5.92 Å². The summed E-state index contributed by atoms with van der Waals surface area (Å²) >= 11 is 0. The average Bonchev–Trinajstić information content (AvgIpc) is 2.17. The number of aliphatic hydroxyl groups is 1. The molecule has 96 valence electrons. The molecule has 0 amide bonds. The first kappa shape index (κ1) is 13.7. The minimum atomic E-state index is -4.52. The van der Waals surface area contributed by atoms with E-state index in [0.29, 0.717) is 19.7 Å². The van der Waals surface area contributed by atoms with Crippen LogP contribution in [0.5, 0.6) is 0 Å². The van der Waals surface area contributed by atoms with Crippen LogP contribution in [0.4, 0.5) is 13.2 Å². The molecule has 0 aromatic rings. The van der Waals surface area contributed by atoms with Crippen LogP contribution in [-0.4, -0.2) is 55.6 Å². The number of likely N-dealkylation sites (tertiary alicyclic amines) is 1. The fourth-order valence-electron chi connectivity index (χ4n) is 2.04. The Hall–Kier alpha value is -0.330. The van der Waals surface area contributed by atoms with Gasteiger partial charge >= 0.3 is 6.18 Å². The van der Waals surface area contributed by atoms with E-state index < -0.39 is 12.3 Å². The molecule has 1 heterocycles. The predicted octanol–water partition coefficient (Wildman–Crippen LogP) is 1.27. The molecule has 1 N–H and O–H groups in total. The van der Waals surface area contributed by atoms with Crippen LogP contribution in [0.15, 0.2) is 0 Å².